The number of hydrogen-bond donors (Lipinski definition) is 1. The van der Waals surface area contributed by atoms with E-state index in [0.29, 0.717) is 0 Å². The molecular weight excluding hydrogens is 141 g/mol. The van der Waals surface area contributed by atoms with Gasteiger partial charge >= 0.3 is 0 Å². The Hall–Kier alpha value is -0.630. The molecule has 0 aromatic rings. The van der Waals surface area contributed by atoms with Crippen LogP contribution in [-0.4, -0.2) is 11.7 Å². The molecule has 0 aromatic heterocycles. The van der Waals surface area contributed by atoms with Gasteiger partial charge in [-0.25, -0.2) is 4.39 Å². The van der Waals surface area contributed by atoms with E-state index in [0.717, 1.165) is 0 Å². The normalized spacial score (nSPS) is 36.6. The molecule has 0 saturated carbocycles. The van der Waals surface area contributed by atoms with Crippen LogP contribution in [0.2, 0.25) is 0 Å². The Morgan fingerprint density at radius 1 is 1.45 bits per heavy atom. The van der Waals surface area contributed by atoms with Crippen molar-refractivity contribution in [3.63, 3.8) is 0 Å². The summed E-state index contributed by atoms with van der Waals surface area (Å²) in [6.07, 6.45) is 6.73. The van der Waals surface area contributed by atoms with Crippen molar-refractivity contribution in [1.29, 1.82) is 0 Å². The van der Waals surface area contributed by atoms with E-state index in [2.05, 4.69) is 0 Å². The van der Waals surface area contributed by atoms with Crippen molar-refractivity contribution in [2.45, 2.75) is 25.6 Å². The van der Waals surface area contributed by atoms with Crippen molar-refractivity contribution in [3.05, 3.63) is 24.3 Å². The second-order valence-corrected chi connectivity index (χ2v) is 3.25. The first kappa shape index (κ1) is 8.47. The standard InChI is InChI=1S/C9H14FN/c1-7(2)9(10)6-4-3-5-8(9)11/h3-8H,11H2,1-2H3. The van der Waals surface area contributed by atoms with Gasteiger partial charge in [-0.3, -0.25) is 0 Å². The highest BCUT2D eigenvalue weighted by atomic mass is 19.1. The fraction of sp³-hybridized carbons (Fsp3) is 0.556. The van der Waals surface area contributed by atoms with Crippen LogP contribution in [0, 0.1) is 5.92 Å². The van der Waals surface area contributed by atoms with Gasteiger partial charge in [0.1, 0.15) is 5.67 Å². The monoisotopic (exact) mass is 155 g/mol. The average Bonchev–Trinajstić information content (AvgIpc) is 1.95. The number of alkyl halides is 1. The van der Waals surface area contributed by atoms with Crippen molar-refractivity contribution in [2.24, 2.45) is 11.7 Å². The van der Waals surface area contributed by atoms with Gasteiger partial charge < -0.3 is 5.73 Å². The highest BCUT2D eigenvalue weighted by molar-refractivity contribution is 5.25. The van der Waals surface area contributed by atoms with E-state index in [1.54, 1.807) is 24.3 Å². The first-order chi connectivity index (χ1) is 5.07. The Balaban J connectivity index is 2.85. The Morgan fingerprint density at radius 3 is 2.45 bits per heavy atom. The molecule has 2 atom stereocenters. The van der Waals surface area contributed by atoms with E-state index in [-0.39, 0.29) is 5.92 Å². The van der Waals surface area contributed by atoms with Gasteiger partial charge in [0.05, 0.1) is 6.04 Å². The van der Waals surface area contributed by atoms with Crippen LogP contribution in [0.25, 0.3) is 0 Å². The molecule has 1 rings (SSSR count). The van der Waals surface area contributed by atoms with Gasteiger partial charge in [-0.05, 0) is 12.0 Å². The molecule has 2 heteroatoms. The summed E-state index contributed by atoms with van der Waals surface area (Å²) in [6, 6.07) is -0.493. The Bertz CT molecular complexity index is 196. The summed E-state index contributed by atoms with van der Waals surface area (Å²) in [6.45, 7) is 3.67. The van der Waals surface area contributed by atoms with Crippen LogP contribution in [0.3, 0.4) is 0 Å². The van der Waals surface area contributed by atoms with Crippen molar-refractivity contribution in [1.82, 2.24) is 0 Å². The lowest BCUT2D eigenvalue weighted by Crippen LogP contribution is -2.46. The molecular formula is C9H14FN. The molecule has 2 unspecified atom stereocenters. The van der Waals surface area contributed by atoms with E-state index in [9.17, 15) is 4.39 Å². The zero-order valence-electron chi connectivity index (χ0n) is 6.92. The molecule has 0 amide bonds. The lowest BCUT2D eigenvalue weighted by atomic mass is 9.83. The molecule has 0 aromatic carbocycles. The second kappa shape index (κ2) is 2.78. The number of halogens is 1. The maximum atomic E-state index is 13.8. The van der Waals surface area contributed by atoms with Gasteiger partial charge in [-0.2, -0.15) is 0 Å². The molecule has 0 heterocycles. The predicted molar refractivity (Wildman–Crippen MR) is 44.9 cm³/mol. The van der Waals surface area contributed by atoms with Crippen molar-refractivity contribution in [2.75, 3.05) is 0 Å². The van der Waals surface area contributed by atoms with Gasteiger partial charge in [0.15, 0.2) is 0 Å². The van der Waals surface area contributed by atoms with Crippen LogP contribution in [0.15, 0.2) is 24.3 Å². The van der Waals surface area contributed by atoms with Crippen LogP contribution in [0.5, 0.6) is 0 Å². The highest BCUT2D eigenvalue weighted by Gasteiger charge is 2.37. The minimum absolute atomic E-state index is 0.0706. The molecule has 1 aliphatic carbocycles. The van der Waals surface area contributed by atoms with Gasteiger partial charge in [0, 0.05) is 0 Å². The summed E-state index contributed by atoms with van der Waals surface area (Å²) < 4.78 is 13.8. The smallest absolute Gasteiger partial charge is 0.150 e. The molecule has 0 saturated heterocycles. The number of rotatable bonds is 1. The molecule has 0 aliphatic heterocycles. The predicted octanol–water partition coefficient (Wildman–Crippen LogP) is 1.80. The minimum Gasteiger partial charge on any atom is -0.322 e. The highest BCUT2D eigenvalue weighted by Crippen LogP contribution is 2.29. The summed E-state index contributed by atoms with van der Waals surface area (Å²) in [5.74, 6) is -0.0706. The van der Waals surface area contributed by atoms with Crippen molar-refractivity contribution >= 4 is 0 Å². The van der Waals surface area contributed by atoms with Gasteiger partial charge in [-0.1, -0.05) is 32.1 Å². The molecule has 2 N–H and O–H groups in total. The molecule has 62 valence electrons. The molecule has 1 aliphatic rings. The summed E-state index contributed by atoms with van der Waals surface area (Å²) in [5.41, 5.74) is 4.25. The maximum absolute atomic E-state index is 13.8. The van der Waals surface area contributed by atoms with E-state index < -0.39 is 11.7 Å². The zero-order valence-corrected chi connectivity index (χ0v) is 6.92. The fourth-order valence-electron chi connectivity index (χ4n) is 1.22. The molecule has 0 spiro atoms. The largest absolute Gasteiger partial charge is 0.322 e. The van der Waals surface area contributed by atoms with Crippen LogP contribution in [0.4, 0.5) is 4.39 Å². The van der Waals surface area contributed by atoms with Crippen molar-refractivity contribution < 1.29 is 4.39 Å². The first-order valence-corrected chi connectivity index (χ1v) is 3.88. The third-order valence-corrected chi connectivity index (χ3v) is 2.18. The third kappa shape index (κ3) is 1.36. The summed E-state index contributed by atoms with van der Waals surface area (Å²) in [4.78, 5) is 0. The summed E-state index contributed by atoms with van der Waals surface area (Å²) in [5, 5.41) is 0. The first-order valence-electron chi connectivity index (χ1n) is 3.88. The average molecular weight is 155 g/mol. The van der Waals surface area contributed by atoms with Crippen molar-refractivity contribution in [3.8, 4) is 0 Å². The lowest BCUT2D eigenvalue weighted by Gasteiger charge is -2.31. The number of nitrogens with two attached hydrogens (primary N) is 1. The zero-order chi connectivity index (χ0) is 8.48. The van der Waals surface area contributed by atoms with Crippen LogP contribution in [-0.2, 0) is 0 Å². The maximum Gasteiger partial charge on any atom is 0.150 e. The SMILES string of the molecule is CC(C)C1(F)C=CC=CC1N. The Labute approximate surface area is 66.8 Å². The van der Waals surface area contributed by atoms with Crippen LogP contribution >= 0.6 is 0 Å². The van der Waals surface area contributed by atoms with E-state index in [1.807, 2.05) is 13.8 Å². The van der Waals surface area contributed by atoms with E-state index in [4.69, 9.17) is 5.73 Å². The number of allylic oxidation sites excluding steroid dienone is 2. The van der Waals surface area contributed by atoms with E-state index >= 15 is 0 Å². The molecule has 1 nitrogen and oxygen atoms in total. The van der Waals surface area contributed by atoms with Gasteiger partial charge in [-0.15, -0.1) is 0 Å². The molecule has 0 fully saturated rings. The van der Waals surface area contributed by atoms with E-state index in [1.165, 1.54) is 0 Å². The Morgan fingerprint density at radius 2 is 2.09 bits per heavy atom. The fourth-order valence-corrected chi connectivity index (χ4v) is 1.22. The third-order valence-electron chi connectivity index (χ3n) is 2.18. The number of hydrogen-bond acceptors (Lipinski definition) is 1. The van der Waals surface area contributed by atoms with Crippen LogP contribution in [0.1, 0.15) is 13.8 Å². The molecule has 0 bridgehead atoms. The summed E-state index contributed by atoms with van der Waals surface area (Å²) in [7, 11) is 0. The summed E-state index contributed by atoms with van der Waals surface area (Å²) >= 11 is 0. The van der Waals surface area contributed by atoms with Gasteiger partial charge in [0.25, 0.3) is 0 Å². The quantitative estimate of drug-likeness (QED) is 0.614. The second-order valence-electron chi connectivity index (χ2n) is 3.25. The lowest BCUT2D eigenvalue weighted by molar-refractivity contribution is 0.140. The minimum atomic E-state index is -1.35. The molecule has 0 radical (unpaired) electrons. The Kier molecular flexibility index (Phi) is 2.14. The van der Waals surface area contributed by atoms with Gasteiger partial charge in [0.2, 0.25) is 0 Å². The topological polar surface area (TPSA) is 26.0 Å². The molecule has 11 heavy (non-hydrogen) atoms. The van der Waals surface area contributed by atoms with Crippen LogP contribution < -0.4 is 5.73 Å².